The number of ether oxygens (including phenoxy) is 3. The summed E-state index contributed by atoms with van der Waals surface area (Å²) in [6.07, 6.45) is 8.05. The summed E-state index contributed by atoms with van der Waals surface area (Å²) in [6, 6.07) is 0. The van der Waals surface area contributed by atoms with Gasteiger partial charge in [-0.25, -0.2) is 9.59 Å². The zero-order chi connectivity index (χ0) is 17.3. The van der Waals surface area contributed by atoms with E-state index in [4.69, 9.17) is 14.2 Å². The summed E-state index contributed by atoms with van der Waals surface area (Å²) in [4.78, 5) is 23.9. The molecule has 0 saturated heterocycles. The van der Waals surface area contributed by atoms with E-state index < -0.39 is 6.29 Å². The third kappa shape index (κ3) is 3.08. The molecule has 0 aromatic rings. The van der Waals surface area contributed by atoms with Crippen molar-refractivity contribution in [2.24, 2.45) is 17.3 Å². The first-order valence-electron chi connectivity index (χ1n) is 8.86. The van der Waals surface area contributed by atoms with Crippen LogP contribution >= 0.6 is 0 Å². The molecule has 2 saturated carbocycles. The van der Waals surface area contributed by atoms with E-state index in [1.165, 1.54) is 19.1 Å². The van der Waals surface area contributed by atoms with Crippen molar-refractivity contribution in [1.29, 1.82) is 0 Å². The topological polar surface area (TPSA) is 61.8 Å². The minimum Gasteiger partial charge on any atom is -0.463 e. The molecule has 5 heteroatoms. The predicted molar refractivity (Wildman–Crippen MR) is 87.6 cm³/mol. The van der Waals surface area contributed by atoms with Crippen LogP contribution in [0.1, 0.15) is 52.9 Å². The summed E-state index contributed by atoms with van der Waals surface area (Å²) in [5.41, 5.74) is 1.45. The zero-order valence-electron chi connectivity index (χ0n) is 14.7. The van der Waals surface area contributed by atoms with E-state index in [-0.39, 0.29) is 17.9 Å². The summed E-state index contributed by atoms with van der Waals surface area (Å²) >= 11 is 0. The molecule has 5 nitrogen and oxygen atoms in total. The van der Waals surface area contributed by atoms with E-state index in [9.17, 15) is 9.59 Å². The van der Waals surface area contributed by atoms with Gasteiger partial charge in [0.05, 0.1) is 18.4 Å². The fourth-order valence-electron chi connectivity index (χ4n) is 4.31. The number of hydrogen-bond donors (Lipinski definition) is 0. The first-order valence-corrected chi connectivity index (χ1v) is 8.86. The van der Waals surface area contributed by atoms with Crippen molar-refractivity contribution in [1.82, 2.24) is 0 Å². The van der Waals surface area contributed by atoms with Crippen LogP contribution in [0.3, 0.4) is 0 Å². The maximum absolute atomic E-state index is 12.5. The molecule has 2 aliphatic carbocycles. The summed E-state index contributed by atoms with van der Waals surface area (Å²) < 4.78 is 15.9. The Morgan fingerprint density at radius 1 is 1.42 bits per heavy atom. The summed E-state index contributed by atoms with van der Waals surface area (Å²) in [7, 11) is 0. The second kappa shape index (κ2) is 6.61. The van der Waals surface area contributed by atoms with E-state index in [2.05, 4.69) is 6.92 Å². The van der Waals surface area contributed by atoms with Gasteiger partial charge in [-0.15, -0.1) is 0 Å². The number of esters is 2. The fourth-order valence-corrected chi connectivity index (χ4v) is 4.31. The van der Waals surface area contributed by atoms with Crippen molar-refractivity contribution in [2.75, 3.05) is 6.61 Å². The molecule has 3 unspecified atom stereocenters. The molecule has 3 aliphatic rings. The maximum Gasteiger partial charge on any atom is 0.337 e. The van der Waals surface area contributed by atoms with Gasteiger partial charge in [0.2, 0.25) is 0 Å². The molecule has 3 rings (SSSR count). The highest BCUT2D eigenvalue weighted by molar-refractivity contribution is 5.90. The maximum atomic E-state index is 12.5. The van der Waals surface area contributed by atoms with Gasteiger partial charge in [0.15, 0.2) is 0 Å². The standard InChI is InChI=1S/C19H26O5/c1-4-22-18(21)14(11-23-16-10-12(2)17(20)24-16)13-6-5-8-19(3)9-7-15(13)19/h10-11,13,15-16H,4-9H2,1-3H3/b14-11+/t13?,15?,16?,19-/m0/s1. The molecule has 1 aliphatic heterocycles. The molecule has 132 valence electrons. The van der Waals surface area contributed by atoms with Gasteiger partial charge in [-0.05, 0) is 56.8 Å². The molecule has 0 N–H and O–H groups in total. The molecule has 4 atom stereocenters. The Balaban J connectivity index is 1.77. The van der Waals surface area contributed by atoms with Crippen molar-refractivity contribution in [2.45, 2.75) is 59.2 Å². The number of carbonyl (C=O) groups excluding carboxylic acids is 2. The van der Waals surface area contributed by atoms with E-state index in [1.807, 2.05) is 0 Å². The number of carbonyl (C=O) groups is 2. The van der Waals surface area contributed by atoms with Crippen LogP contribution in [0.2, 0.25) is 0 Å². The second-order valence-electron chi connectivity index (χ2n) is 7.35. The normalized spacial score (nSPS) is 35.5. The summed E-state index contributed by atoms with van der Waals surface area (Å²) in [5, 5.41) is 0. The van der Waals surface area contributed by atoms with Crippen molar-refractivity contribution < 1.29 is 23.8 Å². The third-order valence-electron chi connectivity index (χ3n) is 5.84. The van der Waals surface area contributed by atoms with Gasteiger partial charge < -0.3 is 14.2 Å². The fraction of sp³-hybridized carbons (Fsp3) is 0.684. The number of cyclic esters (lactones) is 1. The van der Waals surface area contributed by atoms with Crippen LogP contribution in [0, 0.1) is 17.3 Å². The zero-order valence-corrected chi connectivity index (χ0v) is 14.7. The molecule has 0 aromatic carbocycles. The average Bonchev–Trinajstić information content (AvgIpc) is 2.83. The highest BCUT2D eigenvalue weighted by Gasteiger charge is 2.50. The Hall–Kier alpha value is -1.78. The van der Waals surface area contributed by atoms with Crippen molar-refractivity contribution in [3.8, 4) is 0 Å². The molecule has 0 spiro atoms. The lowest BCUT2D eigenvalue weighted by Gasteiger charge is -2.54. The van der Waals surface area contributed by atoms with Crippen LogP contribution in [0.5, 0.6) is 0 Å². The van der Waals surface area contributed by atoms with Crippen molar-refractivity contribution in [3.05, 3.63) is 23.5 Å². The van der Waals surface area contributed by atoms with E-state index >= 15 is 0 Å². The van der Waals surface area contributed by atoms with E-state index in [1.54, 1.807) is 19.9 Å². The summed E-state index contributed by atoms with van der Waals surface area (Å²) in [5.74, 6) is -0.0216. The summed E-state index contributed by atoms with van der Waals surface area (Å²) in [6.45, 7) is 6.14. The Bertz CT molecular complexity index is 591. The van der Waals surface area contributed by atoms with E-state index in [0.717, 1.165) is 19.3 Å². The Morgan fingerprint density at radius 3 is 2.79 bits per heavy atom. The largest absolute Gasteiger partial charge is 0.463 e. The quantitative estimate of drug-likeness (QED) is 0.437. The van der Waals surface area contributed by atoms with Crippen LogP contribution < -0.4 is 0 Å². The molecular weight excluding hydrogens is 308 g/mol. The highest BCUT2D eigenvalue weighted by Crippen LogP contribution is 2.59. The van der Waals surface area contributed by atoms with Crippen LogP contribution in [-0.4, -0.2) is 24.8 Å². The number of rotatable bonds is 5. The number of fused-ring (bicyclic) bond motifs is 1. The Kier molecular flexibility index (Phi) is 4.70. The minimum atomic E-state index is -0.752. The molecule has 2 fully saturated rings. The minimum absolute atomic E-state index is 0.165. The predicted octanol–water partition coefficient (Wildman–Crippen LogP) is 3.50. The van der Waals surface area contributed by atoms with Crippen LogP contribution in [-0.2, 0) is 23.8 Å². The van der Waals surface area contributed by atoms with Crippen LogP contribution in [0.4, 0.5) is 0 Å². The first kappa shape index (κ1) is 17.1. The lowest BCUT2D eigenvalue weighted by atomic mass is 9.50. The van der Waals surface area contributed by atoms with Gasteiger partial charge in [0, 0.05) is 11.6 Å². The molecule has 0 bridgehead atoms. The van der Waals surface area contributed by atoms with Crippen LogP contribution in [0.15, 0.2) is 23.5 Å². The molecule has 1 heterocycles. The number of hydrogen-bond acceptors (Lipinski definition) is 5. The van der Waals surface area contributed by atoms with Gasteiger partial charge in [-0.3, -0.25) is 0 Å². The second-order valence-corrected chi connectivity index (χ2v) is 7.35. The van der Waals surface area contributed by atoms with Crippen molar-refractivity contribution in [3.63, 3.8) is 0 Å². The molecule has 24 heavy (non-hydrogen) atoms. The van der Waals surface area contributed by atoms with Gasteiger partial charge in [-0.1, -0.05) is 13.3 Å². The van der Waals surface area contributed by atoms with Gasteiger partial charge in [0.1, 0.15) is 0 Å². The molecule has 0 aromatic heterocycles. The lowest BCUT2D eigenvalue weighted by molar-refractivity contribution is -0.152. The van der Waals surface area contributed by atoms with E-state index in [0.29, 0.717) is 29.1 Å². The average molecular weight is 334 g/mol. The lowest BCUT2D eigenvalue weighted by Crippen LogP contribution is -2.46. The first-order chi connectivity index (χ1) is 11.4. The van der Waals surface area contributed by atoms with Gasteiger partial charge in [-0.2, -0.15) is 0 Å². The van der Waals surface area contributed by atoms with Crippen molar-refractivity contribution >= 4 is 11.9 Å². The molecule has 0 radical (unpaired) electrons. The Labute approximate surface area is 143 Å². The van der Waals surface area contributed by atoms with Gasteiger partial charge in [0.25, 0.3) is 6.29 Å². The van der Waals surface area contributed by atoms with Gasteiger partial charge >= 0.3 is 11.9 Å². The third-order valence-corrected chi connectivity index (χ3v) is 5.84. The Morgan fingerprint density at radius 2 is 2.21 bits per heavy atom. The monoisotopic (exact) mass is 334 g/mol. The SMILES string of the molecule is CCOC(=O)/C(=C/OC1C=C(C)C(=O)O1)C1CCC[C@@]2(C)CCC12. The molecular formula is C19H26O5. The smallest absolute Gasteiger partial charge is 0.337 e. The highest BCUT2D eigenvalue weighted by atomic mass is 16.7. The van der Waals surface area contributed by atoms with Crippen LogP contribution in [0.25, 0.3) is 0 Å². The molecule has 0 amide bonds.